The second-order valence-corrected chi connectivity index (χ2v) is 9.01. The Morgan fingerprint density at radius 2 is 1.03 bits per heavy atom. The summed E-state index contributed by atoms with van der Waals surface area (Å²) in [4.78, 5) is 0. The van der Waals surface area contributed by atoms with Crippen LogP contribution < -0.4 is 5.73 Å². The van der Waals surface area contributed by atoms with Crippen LogP contribution in [0.5, 0.6) is 0 Å². The summed E-state index contributed by atoms with van der Waals surface area (Å²) in [6, 6.07) is 0. The lowest BCUT2D eigenvalue weighted by molar-refractivity contribution is -0.365. The van der Waals surface area contributed by atoms with Gasteiger partial charge in [-0.05, 0) is 0 Å². The zero-order valence-electron chi connectivity index (χ0n) is 19.7. The summed E-state index contributed by atoms with van der Waals surface area (Å²) in [6.45, 7) is -2.01. The maximum absolute atomic E-state index is 10.9. The fourth-order valence-electron chi connectivity index (χ4n) is 4.25. The fraction of sp³-hybridized carbons (Fsp3) is 1.00. The van der Waals surface area contributed by atoms with E-state index in [9.17, 15) is 51.1 Å². The molecular weight excluding hydrogens is 510 g/mol. The predicted octanol–water partition coefficient (Wildman–Crippen LogP) is -7.59. The van der Waals surface area contributed by atoms with Crippen molar-refractivity contribution in [3.63, 3.8) is 0 Å². The molecule has 17 heteroatoms. The standard InChI is InChI=1S/C20H37NO16/c21-1-2-32-19-16(31)17(37-20-15(30)13(28)10(25)7(4-23)35-20)11(26)8(36-19)5-33-18-14(29)12(27)9(24)6(3-22)34-18/h6-20,22-31H,1-5,21H2/t6-,7-,8-,9-,10-,11-,12?,13+,14?,15+,16+,17?,18+,19+,20-/m1/s1. The van der Waals surface area contributed by atoms with Crippen LogP contribution in [-0.2, 0) is 28.4 Å². The van der Waals surface area contributed by atoms with Gasteiger partial charge in [0.05, 0.1) is 26.4 Å². The molecule has 218 valence electrons. The van der Waals surface area contributed by atoms with Crippen molar-refractivity contribution < 1.29 is 79.5 Å². The summed E-state index contributed by atoms with van der Waals surface area (Å²) in [5.74, 6) is 0. The first kappa shape index (κ1) is 30.9. The smallest absolute Gasteiger partial charge is 0.187 e. The predicted molar refractivity (Wildman–Crippen MR) is 114 cm³/mol. The highest BCUT2D eigenvalue weighted by Crippen LogP contribution is 2.30. The maximum atomic E-state index is 10.9. The Bertz CT molecular complexity index is 689. The first-order chi connectivity index (χ1) is 17.5. The van der Waals surface area contributed by atoms with Gasteiger partial charge in [0, 0.05) is 6.54 Å². The van der Waals surface area contributed by atoms with E-state index >= 15 is 0 Å². The third kappa shape index (κ3) is 6.73. The molecule has 0 aliphatic carbocycles. The second-order valence-electron chi connectivity index (χ2n) is 9.01. The Morgan fingerprint density at radius 1 is 0.541 bits per heavy atom. The van der Waals surface area contributed by atoms with Crippen molar-refractivity contribution in [1.29, 1.82) is 0 Å². The third-order valence-corrected chi connectivity index (χ3v) is 6.45. The number of hydrogen-bond donors (Lipinski definition) is 11. The van der Waals surface area contributed by atoms with Crippen molar-refractivity contribution in [2.75, 3.05) is 33.0 Å². The molecule has 0 bridgehead atoms. The molecule has 3 rings (SSSR count). The minimum atomic E-state index is -1.83. The number of aliphatic hydroxyl groups excluding tert-OH is 10. The lowest BCUT2D eigenvalue weighted by Crippen LogP contribution is -2.65. The molecule has 0 saturated carbocycles. The maximum Gasteiger partial charge on any atom is 0.187 e. The first-order valence-electron chi connectivity index (χ1n) is 11.8. The van der Waals surface area contributed by atoms with Gasteiger partial charge in [-0.1, -0.05) is 0 Å². The van der Waals surface area contributed by atoms with E-state index in [1.165, 1.54) is 0 Å². The van der Waals surface area contributed by atoms with Gasteiger partial charge in [-0.25, -0.2) is 0 Å². The van der Waals surface area contributed by atoms with Crippen molar-refractivity contribution >= 4 is 0 Å². The van der Waals surface area contributed by atoms with Crippen molar-refractivity contribution in [3.05, 3.63) is 0 Å². The van der Waals surface area contributed by atoms with Crippen LogP contribution in [0.25, 0.3) is 0 Å². The van der Waals surface area contributed by atoms with Crippen molar-refractivity contribution in [3.8, 4) is 0 Å². The molecule has 0 aromatic heterocycles. The van der Waals surface area contributed by atoms with Gasteiger partial charge >= 0.3 is 0 Å². The Kier molecular flexibility index (Phi) is 11.3. The highest BCUT2D eigenvalue weighted by molar-refractivity contribution is 4.95. The molecule has 3 aliphatic heterocycles. The van der Waals surface area contributed by atoms with Crippen LogP contribution in [0.1, 0.15) is 0 Å². The van der Waals surface area contributed by atoms with Gasteiger partial charge in [-0.3, -0.25) is 0 Å². The molecule has 15 atom stereocenters. The SMILES string of the molecule is NCCO[C@H]1O[C@H](CO[C@H]2O[C@H](CO)[C@@H](O)C(O)C2O)[C@@H](O)C(O[C@H]2O[C@H](CO)[C@@H](O)[C@H](O)[C@@H]2O)[C@@H]1O. The molecule has 0 amide bonds. The van der Waals surface area contributed by atoms with Crippen LogP contribution in [0.3, 0.4) is 0 Å². The summed E-state index contributed by atoms with van der Waals surface area (Å²) in [7, 11) is 0. The molecule has 17 nitrogen and oxygen atoms in total. The van der Waals surface area contributed by atoms with Crippen LogP contribution in [0, 0.1) is 0 Å². The zero-order valence-corrected chi connectivity index (χ0v) is 19.7. The highest BCUT2D eigenvalue weighted by Gasteiger charge is 2.52. The minimum absolute atomic E-state index is 0.0411. The average Bonchev–Trinajstić information content (AvgIpc) is 2.89. The Hall–Kier alpha value is -0.680. The van der Waals surface area contributed by atoms with Gasteiger partial charge < -0.3 is 85.2 Å². The van der Waals surface area contributed by atoms with E-state index in [1.54, 1.807) is 0 Å². The summed E-state index contributed by atoms with van der Waals surface area (Å²) >= 11 is 0. The van der Waals surface area contributed by atoms with Crippen LogP contribution in [0.4, 0.5) is 0 Å². The van der Waals surface area contributed by atoms with Gasteiger partial charge in [0.1, 0.15) is 73.2 Å². The van der Waals surface area contributed by atoms with Crippen LogP contribution >= 0.6 is 0 Å². The van der Waals surface area contributed by atoms with Crippen LogP contribution in [0.2, 0.25) is 0 Å². The molecule has 3 unspecified atom stereocenters. The van der Waals surface area contributed by atoms with E-state index in [0.717, 1.165) is 0 Å². The zero-order chi connectivity index (χ0) is 27.4. The Morgan fingerprint density at radius 3 is 1.57 bits per heavy atom. The number of aliphatic hydroxyl groups is 10. The quantitative estimate of drug-likeness (QED) is 0.121. The van der Waals surface area contributed by atoms with Gasteiger partial charge in [0.2, 0.25) is 0 Å². The molecule has 3 aliphatic rings. The Labute approximate surface area is 211 Å². The number of rotatable bonds is 10. The van der Waals surface area contributed by atoms with Gasteiger partial charge in [0.25, 0.3) is 0 Å². The van der Waals surface area contributed by atoms with E-state index in [-0.39, 0.29) is 13.2 Å². The molecule has 3 heterocycles. The normalized spacial score (nSPS) is 49.2. The third-order valence-electron chi connectivity index (χ3n) is 6.45. The molecular formula is C20H37NO16. The Balaban J connectivity index is 1.73. The largest absolute Gasteiger partial charge is 0.394 e. The van der Waals surface area contributed by atoms with E-state index in [4.69, 9.17) is 34.2 Å². The van der Waals surface area contributed by atoms with Crippen LogP contribution in [-0.4, -0.2) is 176 Å². The summed E-state index contributed by atoms with van der Waals surface area (Å²) in [5.41, 5.74) is 5.43. The minimum Gasteiger partial charge on any atom is -0.394 e. The fourth-order valence-corrected chi connectivity index (χ4v) is 4.25. The van der Waals surface area contributed by atoms with E-state index in [1.807, 2.05) is 0 Å². The van der Waals surface area contributed by atoms with Crippen LogP contribution in [0.15, 0.2) is 0 Å². The van der Waals surface area contributed by atoms with E-state index < -0.39 is 112 Å². The summed E-state index contributed by atoms with van der Waals surface area (Å²) < 4.78 is 32.4. The second kappa shape index (κ2) is 13.6. The van der Waals surface area contributed by atoms with Gasteiger partial charge in [-0.15, -0.1) is 0 Å². The van der Waals surface area contributed by atoms with E-state index in [2.05, 4.69) is 0 Å². The number of nitrogens with two attached hydrogens (primary N) is 1. The molecule has 0 aromatic rings. The topological polar surface area (TPSA) is 284 Å². The highest BCUT2D eigenvalue weighted by atomic mass is 16.7. The first-order valence-corrected chi connectivity index (χ1v) is 11.8. The summed E-state index contributed by atoms with van der Waals surface area (Å²) in [5, 5.41) is 101. The van der Waals surface area contributed by atoms with Crippen molar-refractivity contribution in [2.45, 2.75) is 92.1 Å². The molecule has 0 radical (unpaired) electrons. The summed E-state index contributed by atoms with van der Waals surface area (Å²) in [6.07, 6.45) is -23.9. The van der Waals surface area contributed by atoms with Gasteiger partial charge in [0.15, 0.2) is 18.9 Å². The van der Waals surface area contributed by atoms with Crippen molar-refractivity contribution in [2.24, 2.45) is 5.73 Å². The number of hydrogen-bond acceptors (Lipinski definition) is 17. The number of ether oxygens (including phenoxy) is 6. The van der Waals surface area contributed by atoms with E-state index in [0.29, 0.717) is 0 Å². The molecule has 0 aromatic carbocycles. The lowest BCUT2D eigenvalue weighted by atomic mass is 9.96. The molecule has 37 heavy (non-hydrogen) atoms. The molecule has 12 N–H and O–H groups in total. The lowest BCUT2D eigenvalue weighted by Gasteiger charge is -2.46. The molecule has 3 fully saturated rings. The average molecular weight is 548 g/mol. The van der Waals surface area contributed by atoms with Crippen molar-refractivity contribution in [1.82, 2.24) is 0 Å². The molecule has 0 spiro atoms. The monoisotopic (exact) mass is 547 g/mol. The van der Waals surface area contributed by atoms with Gasteiger partial charge in [-0.2, -0.15) is 0 Å². The molecule has 3 saturated heterocycles.